The van der Waals surface area contributed by atoms with E-state index in [0.717, 1.165) is 40.9 Å². The number of halogens is 1. The van der Waals surface area contributed by atoms with Crippen molar-refractivity contribution in [3.63, 3.8) is 0 Å². The van der Waals surface area contributed by atoms with Crippen molar-refractivity contribution in [2.45, 2.75) is 32.7 Å². The molecule has 0 radical (unpaired) electrons. The molecule has 5 rings (SSSR count). The van der Waals surface area contributed by atoms with Crippen molar-refractivity contribution >= 4 is 17.5 Å². The van der Waals surface area contributed by atoms with Gasteiger partial charge in [0, 0.05) is 31.1 Å². The summed E-state index contributed by atoms with van der Waals surface area (Å²) in [5.74, 6) is 0.927. The molecule has 2 aliphatic heterocycles. The monoisotopic (exact) mass is 436 g/mol. The van der Waals surface area contributed by atoms with Gasteiger partial charge in [0.2, 0.25) is 0 Å². The van der Waals surface area contributed by atoms with Gasteiger partial charge in [-0.1, -0.05) is 41.1 Å². The Balaban J connectivity index is 1.47. The molecule has 3 aromatic rings. The Morgan fingerprint density at radius 1 is 1.26 bits per heavy atom. The zero-order valence-corrected chi connectivity index (χ0v) is 18.7. The van der Waals surface area contributed by atoms with Crippen LogP contribution in [0, 0.1) is 12.8 Å². The zero-order valence-electron chi connectivity index (χ0n) is 17.9. The van der Waals surface area contributed by atoms with Crippen LogP contribution in [0.3, 0.4) is 0 Å². The summed E-state index contributed by atoms with van der Waals surface area (Å²) in [5.41, 5.74) is 5.58. The van der Waals surface area contributed by atoms with E-state index in [1.807, 2.05) is 43.3 Å². The number of hydrogen-bond acceptors (Lipinski definition) is 4. The van der Waals surface area contributed by atoms with E-state index in [-0.39, 0.29) is 11.9 Å². The minimum Gasteiger partial charge on any atom is -0.491 e. The number of ether oxygens (including phenoxy) is 1. The number of aryl methyl sites for hydroxylation is 1. The quantitative estimate of drug-likeness (QED) is 0.615. The van der Waals surface area contributed by atoms with Gasteiger partial charge in [0.25, 0.3) is 5.91 Å². The van der Waals surface area contributed by atoms with E-state index in [1.165, 1.54) is 0 Å². The molecular weight excluding hydrogens is 412 g/mol. The van der Waals surface area contributed by atoms with Crippen LogP contribution >= 0.6 is 11.6 Å². The normalized spacial score (nSPS) is 20.3. The average Bonchev–Trinajstić information content (AvgIpc) is 3.36. The van der Waals surface area contributed by atoms with Gasteiger partial charge in [-0.3, -0.25) is 9.48 Å². The molecule has 0 spiro atoms. The Kier molecular flexibility index (Phi) is 4.97. The highest BCUT2D eigenvalue weighted by Crippen LogP contribution is 2.39. The molecule has 31 heavy (non-hydrogen) atoms. The lowest BCUT2D eigenvalue weighted by atomic mass is 9.96. The molecule has 2 aliphatic rings. The van der Waals surface area contributed by atoms with Gasteiger partial charge in [0.05, 0.1) is 23.4 Å². The van der Waals surface area contributed by atoms with Crippen LogP contribution in [0.25, 0.3) is 11.3 Å². The topological polar surface area (TPSA) is 60.2 Å². The fraction of sp³-hybridized carbons (Fsp3) is 0.375. The van der Waals surface area contributed by atoms with Crippen LogP contribution in [0.1, 0.15) is 40.4 Å². The third-order valence-electron chi connectivity index (χ3n) is 6.44. The zero-order chi connectivity index (χ0) is 21.7. The average molecular weight is 437 g/mol. The number of hydrogen-bond donors (Lipinski definition) is 0. The molecule has 1 saturated heterocycles. The highest BCUT2D eigenvalue weighted by atomic mass is 35.5. The number of aromatic nitrogens is 3. The van der Waals surface area contributed by atoms with Crippen molar-refractivity contribution in [2.75, 3.05) is 13.2 Å². The lowest BCUT2D eigenvalue weighted by molar-refractivity contribution is 0.0723. The van der Waals surface area contributed by atoms with Crippen molar-refractivity contribution in [3.05, 3.63) is 63.8 Å². The molecule has 2 bridgehead atoms. The first-order chi connectivity index (χ1) is 14.9. The number of carbonyl (C=O) groups excluding carboxylic acids is 1. The lowest BCUT2D eigenvalue weighted by Crippen LogP contribution is -2.36. The highest BCUT2D eigenvalue weighted by molar-refractivity contribution is 6.33. The Bertz CT molecular complexity index is 1160. The first kappa shape index (κ1) is 20.1. The third kappa shape index (κ3) is 3.59. The van der Waals surface area contributed by atoms with Crippen molar-refractivity contribution in [1.29, 1.82) is 0 Å². The maximum atomic E-state index is 13.3. The number of fused-ring (bicyclic) bond motifs is 3. The van der Waals surface area contributed by atoms with E-state index in [0.29, 0.717) is 35.3 Å². The lowest BCUT2D eigenvalue weighted by Gasteiger charge is -2.26. The summed E-state index contributed by atoms with van der Waals surface area (Å²) in [6, 6.07) is 10.5. The van der Waals surface area contributed by atoms with E-state index in [1.54, 1.807) is 4.68 Å². The first-order valence-electron chi connectivity index (χ1n) is 10.6. The number of rotatable bonds is 3. The van der Waals surface area contributed by atoms with Crippen molar-refractivity contribution < 1.29 is 9.53 Å². The Hall–Kier alpha value is -2.86. The predicted octanol–water partition coefficient (Wildman–Crippen LogP) is 4.28. The molecule has 0 unspecified atom stereocenters. The van der Waals surface area contributed by atoms with E-state index < -0.39 is 0 Å². The van der Waals surface area contributed by atoms with Crippen LogP contribution in [0.2, 0.25) is 5.02 Å². The molecule has 6 nitrogen and oxygen atoms in total. The van der Waals surface area contributed by atoms with Crippen molar-refractivity contribution in [3.8, 4) is 17.0 Å². The summed E-state index contributed by atoms with van der Waals surface area (Å²) in [6.07, 6.45) is 3.55. The second kappa shape index (κ2) is 7.68. The van der Waals surface area contributed by atoms with Crippen LogP contribution in [0.4, 0.5) is 0 Å². The maximum absolute atomic E-state index is 13.3. The number of nitrogens with zero attached hydrogens (tertiary/aromatic N) is 4. The molecule has 2 atom stereocenters. The Morgan fingerprint density at radius 2 is 2.03 bits per heavy atom. The molecule has 0 N–H and O–H groups in total. The fourth-order valence-electron chi connectivity index (χ4n) is 4.66. The molecule has 0 saturated carbocycles. The highest BCUT2D eigenvalue weighted by Gasteiger charge is 2.37. The number of benzene rings is 2. The van der Waals surface area contributed by atoms with Gasteiger partial charge >= 0.3 is 0 Å². The Labute approximate surface area is 186 Å². The van der Waals surface area contributed by atoms with Gasteiger partial charge < -0.3 is 9.64 Å². The largest absolute Gasteiger partial charge is 0.491 e. The van der Waals surface area contributed by atoms with Crippen LogP contribution in [-0.4, -0.2) is 45.0 Å². The van der Waals surface area contributed by atoms with Gasteiger partial charge in [0.15, 0.2) is 5.75 Å². The third-order valence-corrected chi connectivity index (χ3v) is 6.89. The predicted molar refractivity (Wildman–Crippen MR) is 120 cm³/mol. The second-order valence-corrected chi connectivity index (χ2v) is 9.10. The van der Waals surface area contributed by atoms with E-state index in [9.17, 15) is 4.79 Å². The van der Waals surface area contributed by atoms with Crippen LogP contribution in [-0.2, 0) is 13.5 Å². The van der Waals surface area contributed by atoms with Crippen LogP contribution < -0.4 is 4.74 Å². The smallest absolute Gasteiger partial charge is 0.257 e. The summed E-state index contributed by atoms with van der Waals surface area (Å²) >= 11 is 6.72. The van der Waals surface area contributed by atoms with Gasteiger partial charge in [-0.25, -0.2) is 0 Å². The Morgan fingerprint density at radius 3 is 2.74 bits per heavy atom. The van der Waals surface area contributed by atoms with Gasteiger partial charge in [-0.2, -0.15) is 0 Å². The molecule has 1 fully saturated rings. The molecule has 3 heterocycles. The molecule has 1 aromatic heterocycles. The van der Waals surface area contributed by atoms with E-state index in [4.69, 9.17) is 16.3 Å². The van der Waals surface area contributed by atoms with Crippen molar-refractivity contribution in [2.24, 2.45) is 13.0 Å². The first-order valence-corrected chi connectivity index (χ1v) is 11.0. The summed E-state index contributed by atoms with van der Waals surface area (Å²) in [5, 5.41) is 8.70. The van der Waals surface area contributed by atoms with Crippen molar-refractivity contribution in [1.82, 2.24) is 19.9 Å². The summed E-state index contributed by atoms with van der Waals surface area (Å²) in [6.45, 7) is 5.46. The molecule has 7 heteroatoms. The summed E-state index contributed by atoms with van der Waals surface area (Å²) in [7, 11) is 1.85. The summed E-state index contributed by atoms with van der Waals surface area (Å²) < 4.78 is 7.76. The van der Waals surface area contributed by atoms with Gasteiger partial charge in [-0.15, -0.1) is 5.10 Å². The van der Waals surface area contributed by atoms with Gasteiger partial charge in [0.1, 0.15) is 5.69 Å². The van der Waals surface area contributed by atoms with Gasteiger partial charge in [-0.05, 0) is 49.4 Å². The summed E-state index contributed by atoms with van der Waals surface area (Å²) in [4.78, 5) is 15.3. The minimum atomic E-state index is 0.0193. The SMILES string of the molecule is Cc1c(Cc2ccc(-c3cn(C)nn3)cc2)cc2c(c1Cl)OC[C@@H]1C[C@H](C)N(C1)C2=O. The van der Waals surface area contributed by atoms with Crippen LogP contribution in [0.15, 0.2) is 36.5 Å². The number of carbonyl (C=O) groups is 1. The van der Waals surface area contributed by atoms with E-state index in [2.05, 4.69) is 29.4 Å². The molecular formula is C24H25ClN4O2. The minimum absolute atomic E-state index is 0.0193. The molecule has 160 valence electrons. The maximum Gasteiger partial charge on any atom is 0.257 e. The van der Waals surface area contributed by atoms with E-state index >= 15 is 0 Å². The standard InChI is InChI=1S/C24H25ClN4O2/c1-14-8-17-11-29(14)24(30)20-10-19(15(2)22(25)23(20)31-13-17)9-16-4-6-18(7-5-16)21-12-28(3)27-26-21/h4-7,10,12,14,17H,8-9,11,13H2,1-3H3/t14-,17+/m0/s1. The molecule has 2 aromatic carbocycles. The number of amides is 1. The van der Waals surface area contributed by atoms with Crippen LogP contribution in [0.5, 0.6) is 5.75 Å². The molecule has 0 aliphatic carbocycles. The fourth-order valence-corrected chi connectivity index (χ4v) is 4.93. The molecule has 1 amide bonds. The second-order valence-electron chi connectivity index (χ2n) is 8.72.